The highest BCUT2D eigenvalue weighted by molar-refractivity contribution is 8.00. The van der Waals surface area contributed by atoms with Crippen LogP contribution in [0.2, 0.25) is 0 Å². The van der Waals surface area contributed by atoms with Gasteiger partial charge in [-0.1, -0.05) is 18.9 Å². The number of carbonyl (C=O) groups excluding carboxylic acids is 1. The standard InChI is InChI=1S/C22H25F2N5OS/c1-3-10-31-27-18-5-4-17(23)19(20(18)24)21(30)16-13-26-22-15(16)11-14(12-25-22)29-8-6-28(2)7-9-29/h4-5,11-13,27H,3,6-10H2,1-2H3,(H,25,26). The molecule has 0 radical (unpaired) electrons. The third-order valence-corrected chi connectivity index (χ3v) is 6.41. The molecule has 0 bridgehead atoms. The number of fused-ring (bicyclic) bond motifs is 1. The van der Waals surface area contributed by atoms with Crippen molar-refractivity contribution in [2.24, 2.45) is 0 Å². The largest absolute Gasteiger partial charge is 0.368 e. The predicted octanol–water partition coefficient (Wildman–Crippen LogP) is 4.29. The van der Waals surface area contributed by atoms with E-state index in [0.29, 0.717) is 11.0 Å². The third kappa shape index (κ3) is 4.38. The smallest absolute Gasteiger partial charge is 0.201 e. The van der Waals surface area contributed by atoms with Crippen LogP contribution in [0.5, 0.6) is 0 Å². The zero-order valence-electron chi connectivity index (χ0n) is 17.5. The number of aromatic nitrogens is 2. The number of carbonyl (C=O) groups is 1. The van der Waals surface area contributed by atoms with Gasteiger partial charge in [-0.25, -0.2) is 13.8 Å². The Morgan fingerprint density at radius 2 is 2.03 bits per heavy atom. The second kappa shape index (κ2) is 9.23. The second-order valence-electron chi connectivity index (χ2n) is 7.65. The van der Waals surface area contributed by atoms with E-state index in [2.05, 4.69) is 31.5 Å². The summed E-state index contributed by atoms with van der Waals surface area (Å²) in [5.74, 6) is -1.71. The molecule has 6 nitrogen and oxygen atoms in total. The maximum Gasteiger partial charge on any atom is 0.201 e. The maximum atomic E-state index is 15.0. The first kappa shape index (κ1) is 21.6. The molecule has 31 heavy (non-hydrogen) atoms. The molecule has 1 aromatic carbocycles. The van der Waals surface area contributed by atoms with Crippen LogP contribution in [0, 0.1) is 11.6 Å². The SMILES string of the molecule is CCCSNc1ccc(F)c(C(=O)c2c[nH]c3ncc(N4CCN(C)CC4)cc23)c1F. The summed E-state index contributed by atoms with van der Waals surface area (Å²) >= 11 is 1.32. The Balaban J connectivity index is 1.68. The van der Waals surface area contributed by atoms with Crippen molar-refractivity contribution in [3.63, 3.8) is 0 Å². The number of benzene rings is 1. The van der Waals surface area contributed by atoms with Gasteiger partial charge in [0.2, 0.25) is 5.78 Å². The van der Waals surface area contributed by atoms with Gasteiger partial charge in [0.1, 0.15) is 11.5 Å². The van der Waals surface area contributed by atoms with Gasteiger partial charge >= 0.3 is 0 Å². The van der Waals surface area contributed by atoms with Crippen LogP contribution in [0.4, 0.5) is 20.2 Å². The molecular formula is C22H25F2N5OS. The summed E-state index contributed by atoms with van der Waals surface area (Å²) in [5.41, 5.74) is 1.14. The van der Waals surface area contributed by atoms with Crippen LogP contribution in [0.15, 0.2) is 30.6 Å². The molecule has 1 aliphatic rings. The summed E-state index contributed by atoms with van der Waals surface area (Å²) in [6.07, 6.45) is 4.14. The van der Waals surface area contributed by atoms with Crippen LogP contribution in [0.1, 0.15) is 29.3 Å². The van der Waals surface area contributed by atoms with E-state index in [1.165, 1.54) is 24.2 Å². The third-order valence-electron chi connectivity index (χ3n) is 5.44. The molecule has 0 amide bonds. The Bertz CT molecular complexity index is 1090. The van der Waals surface area contributed by atoms with Crippen LogP contribution in [-0.4, -0.2) is 59.6 Å². The van der Waals surface area contributed by atoms with E-state index in [1.807, 2.05) is 13.0 Å². The summed E-state index contributed by atoms with van der Waals surface area (Å²) in [6.45, 7) is 5.58. The molecule has 2 N–H and O–H groups in total. The Morgan fingerprint density at radius 1 is 1.26 bits per heavy atom. The van der Waals surface area contributed by atoms with E-state index in [1.54, 1.807) is 6.20 Å². The number of nitrogens with zero attached hydrogens (tertiary/aromatic N) is 3. The fraction of sp³-hybridized carbons (Fsp3) is 0.364. The van der Waals surface area contributed by atoms with Gasteiger partial charge in [-0.2, -0.15) is 0 Å². The summed E-state index contributed by atoms with van der Waals surface area (Å²) < 4.78 is 32.4. The lowest BCUT2D eigenvalue weighted by Crippen LogP contribution is -2.44. The van der Waals surface area contributed by atoms with Crippen LogP contribution in [0.3, 0.4) is 0 Å². The maximum absolute atomic E-state index is 15.0. The summed E-state index contributed by atoms with van der Waals surface area (Å²) in [4.78, 5) is 25.0. The quantitative estimate of drug-likeness (QED) is 0.321. The zero-order chi connectivity index (χ0) is 22.0. The molecule has 2 aromatic heterocycles. The van der Waals surface area contributed by atoms with Crippen molar-refractivity contribution in [1.82, 2.24) is 14.9 Å². The number of halogens is 2. The Hall–Kier alpha value is -2.65. The highest BCUT2D eigenvalue weighted by atomic mass is 32.2. The lowest BCUT2D eigenvalue weighted by atomic mass is 10.0. The molecule has 1 aliphatic heterocycles. The number of pyridine rings is 1. The van der Waals surface area contributed by atoms with Crippen molar-refractivity contribution in [2.75, 3.05) is 48.6 Å². The molecular weight excluding hydrogens is 420 g/mol. The molecule has 0 aliphatic carbocycles. The van der Waals surface area contributed by atoms with Crippen molar-refractivity contribution >= 4 is 40.1 Å². The molecule has 3 heterocycles. The summed E-state index contributed by atoms with van der Waals surface area (Å²) in [5, 5.41) is 0.555. The summed E-state index contributed by atoms with van der Waals surface area (Å²) in [6, 6.07) is 4.30. The van der Waals surface area contributed by atoms with Crippen LogP contribution < -0.4 is 9.62 Å². The number of rotatable bonds is 7. The van der Waals surface area contributed by atoms with Gasteiger partial charge in [0, 0.05) is 49.1 Å². The molecule has 0 unspecified atom stereocenters. The van der Waals surface area contributed by atoms with Gasteiger partial charge in [0.15, 0.2) is 5.82 Å². The number of likely N-dealkylation sites (N-methyl/N-ethyl adjacent to an activating group) is 1. The minimum absolute atomic E-state index is 0.0966. The van der Waals surface area contributed by atoms with E-state index >= 15 is 4.39 Å². The lowest BCUT2D eigenvalue weighted by Gasteiger charge is -2.33. The van der Waals surface area contributed by atoms with Crippen LogP contribution >= 0.6 is 11.9 Å². The van der Waals surface area contributed by atoms with Crippen molar-refractivity contribution < 1.29 is 13.6 Å². The highest BCUT2D eigenvalue weighted by Gasteiger charge is 2.25. The van der Waals surface area contributed by atoms with Gasteiger partial charge < -0.3 is 19.5 Å². The lowest BCUT2D eigenvalue weighted by molar-refractivity contribution is 0.103. The average Bonchev–Trinajstić information content (AvgIpc) is 3.19. The number of H-pyrrole nitrogens is 1. The Labute approximate surface area is 184 Å². The summed E-state index contributed by atoms with van der Waals surface area (Å²) in [7, 11) is 2.08. The van der Waals surface area contributed by atoms with Crippen molar-refractivity contribution in [2.45, 2.75) is 13.3 Å². The van der Waals surface area contributed by atoms with E-state index in [4.69, 9.17) is 0 Å². The van der Waals surface area contributed by atoms with Crippen molar-refractivity contribution in [3.05, 3.63) is 53.4 Å². The van der Waals surface area contributed by atoms with Gasteiger partial charge in [-0.15, -0.1) is 0 Å². The monoisotopic (exact) mass is 445 g/mol. The van der Waals surface area contributed by atoms with Crippen LogP contribution in [-0.2, 0) is 0 Å². The van der Waals surface area contributed by atoms with Gasteiger partial charge in [-0.3, -0.25) is 4.79 Å². The number of anilines is 2. The molecule has 164 valence electrons. The molecule has 0 spiro atoms. The first-order valence-corrected chi connectivity index (χ1v) is 11.3. The molecule has 3 aromatic rings. The first-order chi connectivity index (χ1) is 15.0. The normalized spacial score (nSPS) is 14.9. The van der Waals surface area contributed by atoms with Gasteiger partial charge in [0.05, 0.1) is 23.1 Å². The van der Waals surface area contributed by atoms with Gasteiger partial charge in [0.25, 0.3) is 0 Å². The Morgan fingerprint density at radius 3 is 2.77 bits per heavy atom. The number of hydrogen-bond donors (Lipinski definition) is 2. The Kier molecular flexibility index (Phi) is 6.43. The second-order valence-corrected chi connectivity index (χ2v) is 8.55. The molecule has 1 saturated heterocycles. The minimum Gasteiger partial charge on any atom is -0.368 e. The molecule has 0 atom stereocenters. The fourth-order valence-corrected chi connectivity index (χ4v) is 4.24. The number of aromatic amines is 1. The van der Waals surface area contributed by atoms with Gasteiger partial charge in [-0.05, 0) is 31.7 Å². The number of ketones is 1. The van der Waals surface area contributed by atoms with E-state index in [-0.39, 0.29) is 11.3 Å². The molecule has 4 rings (SSSR count). The number of nitrogens with one attached hydrogen (secondary N) is 2. The number of piperazine rings is 1. The molecule has 9 heteroatoms. The molecule has 1 fully saturated rings. The van der Waals surface area contributed by atoms with E-state index in [9.17, 15) is 9.18 Å². The van der Waals surface area contributed by atoms with Crippen molar-refractivity contribution in [1.29, 1.82) is 0 Å². The van der Waals surface area contributed by atoms with E-state index in [0.717, 1.165) is 50.1 Å². The van der Waals surface area contributed by atoms with Crippen LogP contribution in [0.25, 0.3) is 11.0 Å². The average molecular weight is 446 g/mol. The predicted molar refractivity (Wildman–Crippen MR) is 122 cm³/mol. The van der Waals surface area contributed by atoms with E-state index < -0.39 is 23.0 Å². The molecule has 0 saturated carbocycles. The number of hydrogen-bond acceptors (Lipinski definition) is 6. The zero-order valence-corrected chi connectivity index (χ0v) is 18.4. The minimum atomic E-state index is -0.883. The topological polar surface area (TPSA) is 64.3 Å². The van der Waals surface area contributed by atoms with Crippen molar-refractivity contribution in [3.8, 4) is 0 Å². The first-order valence-electron chi connectivity index (χ1n) is 10.3. The fourth-order valence-electron chi connectivity index (χ4n) is 3.62. The highest BCUT2D eigenvalue weighted by Crippen LogP contribution is 2.29.